The summed E-state index contributed by atoms with van der Waals surface area (Å²) < 4.78 is 0. The van der Waals surface area contributed by atoms with Gasteiger partial charge in [-0.3, -0.25) is 4.79 Å². The number of unbranched alkanes of at least 4 members (excludes halogenated alkanes) is 1. The standard InChI is InChI=1S/C16H26N2O/c1-3-5-10-14(8-4-2)18-16(19)12-13-9-6-7-11-15(13)17/h6-7,9,11,14H,3-5,8,10,12,17H2,1-2H3,(H,18,19). The maximum Gasteiger partial charge on any atom is 0.224 e. The van der Waals surface area contributed by atoms with Crippen molar-refractivity contribution in [3.05, 3.63) is 29.8 Å². The van der Waals surface area contributed by atoms with Crippen LogP contribution in [0.3, 0.4) is 0 Å². The molecule has 0 aliphatic rings. The zero-order valence-electron chi connectivity index (χ0n) is 12.1. The van der Waals surface area contributed by atoms with Crippen molar-refractivity contribution in [3.8, 4) is 0 Å². The van der Waals surface area contributed by atoms with Crippen LogP contribution in [0.15, 0.2) is 24.3 Å². The van der Waals surface area contributed by atoms with Gasteiger partial charge in [0.2, 0.25) is 5.91 Å². The van der Waals surface area contributed by atoms with Crippen molar-refractivity contribution in [1.29, 1.82) is 0 Å². The smallest absolute Gasteiger partial charge is 0.224 e. The molecule has 0 radical (unpaired) electrons. The first-order chi connectivity index (χ1) is 9.17. The Morgan fingerprint density at radius 2 is 1.95 bits per heavy atom. The van der Waals surface area contributed by atoms with E-state index in [0.717, 1.165) is 24.8 Å². The van der Waals surface area contributed by atoms with Gasteiger partial charge in [0, 0.05) is 11.7 Å². The van der Waals surface area contributed by atoms with Crippen molar-refractivity contribution in [2.75, 3.05) is 5.73 Å². The monoisotopic (exact) mass is 262 g/mol. The van der Waals surface area contributed by atoms with Crippen LogP contribution in [0.5, 0.6) is 0 Å². The number of nitrogen functional groups attached to an aromatic ring is 1. The average Bonchev–Trinajstić information content (AvgIpc) is 2.39. The molecule has 3 heteroatoms. The lowest BCUT2D eigenvalue weighted by molar-refractivity contribution is -0.121. The number of carbonyl (C=O) groups is 1. The molecule has 1 rings (SSSR count). The van der Waals surface area contributed by atoms with Gasteiger partial charge in [0.1, 0.15) is 0 Å². The fraction of sp³-hybridized carbons (Fsp3) is 0.562. The molecule has 0 saturated carbocycles. The largest absolute Gasteiger partial charge is 0.398 e. The van der Waals surface area contributed by atoms with Crippen molar-refractivity contribution in [2.24, 2.45) is 0 Å². The third-order valence-electron chi connectivity index (χ3n) is 3.31. The molecule has 0 aliphatic carbocycles. The summed E-state index contributed by atoms with van der Waals surface area (Å²) in [4.78, 5) is 12.0. The predicted octanol–water partition coefficient (Wildman–Crippen LogP) is 3.29. The first-order valence-corrected chi connectivity index (χ1v) is 7.30. The number of hydrogen-bond acceptors (Lipinski definition) is 2. The lowest BCUT2D eigenvalue weighted by Gasteiger charge is -2.18. The Morgan fingerprint density at radius 1 is 1.21 bits per heavy atom. The highest BCUT2D eigenvalue weighted by Gasteiger charge is 2.12. The van der Waals surface area contributed by atoms with E-state index in [0.29, 0.717) is 18.2 Å². The van der Waals surface area contributed by atoms with Gasteiger partial charge in [0.05, 0.1) is 6.42 Å². The van der Waals surface area contributed by atoms with Gasteiger partial charge in [0.25, 0.3) is 0 Å². The summed E-state index contributed by atoms with van der Waals surface area (Å²) in [6.45, 7) is 4.33. The zero-order valence-corrected chi connectivity index (χ0v) is 12.1. The molecule has 1 aromatic carbocycles. The number of nitrogens with two attached hydrogens (primary N) is 1. The zero-order chi connectivity index (χ0) is 14.1. The quantitative estimate of drug-likeness (QED) is 0.706. The lowest BCUT2D eigenvalue weighted by atomic mass is 10.0. The third kappa shape index (κ3) is 5.77. The maximum atomic E-state index is 12.0. The van der Waals surface area contributed by atoms with Gasteiger partial charge in [-0.15, -0.1) is 0 Å². The number of amides is 1. The Bertz CT molecular complexity index is 390. The molecule has 0 fully saturated rings. The molecule has 0 heterocycles. The molecular formula is C16H26N2O. The molecule has 0 spiro atoms. The van der Waals surface area contributed by atoms with Crippen LogP contribution in [0.1, 0.15) is 51.5 Å². The van der Waals surface area contributed by atoms with E-state index in [-0.39, 0.29) is 5.91 Å². The summed E-state index contributed by atoms with van der Waals surface area (Å²) in [6.07, 6.45) is 5.93. The van der Waals surface area contributed by atoms with Crippen LogP contribution in [-0.2, 0) is 11.2 Å². The molecule has 1 atom stereocenters. The minimum absolute atomic E-state index is 0.0763. The van der Waals surface area contributed by atoms with Gasteiger partial charge in [-0.05, 0) is 24.5 Å². The van der Waals surface area contributed by atoms with Gasteiger partial charge in [-0.2, -0.15) is 0 Å². The normalized spacial score (nSPS) is 12.1. The molecule has 1 amide bonds. The van der Waals surface area contributed by atoms with Crippen molar-refractivity contribution in [1.82, 2.24) is 5.32 Å². The summed E-state index contributed by atoms with van der Waals surface area (Å²) in [7, 11) is 0. The molecular weight excluding hydrogens is 236 g/mol. The lowest BCUT2D eigenvalue weighted by Crippen LogP contribution is -2.35. The summed E-state index contributed by atoms with van der Waals surface area (Å²) in [5.74, 6) is 0.0763. The summed E-state index contributed by atoms with van der Waals surface area (Å²) in [5.41, 5.74) is 7.46. The number of nitrogens with one attached hydrogen (secondary N) is 1. The minimum atomic E-state index is 0.0763. The topological polar surface area (TPSA) is 55.1 Å². The molecule has 19 heavy (non-hydrogen) atoms. The van der Waals surface area contributed by atoms with E-state index in [2.05, 4.69) is 19.2 Å². The highest BCUT2D eigenvalue weighted by Crippen LogP contribution is 2.12. The van der Waals surface area contributed by atoms with Crippen molar-refractivity contribution < 1.29 is 4.79 Å². The predicted molar refractivity (Wildman–Crippen MR) is 80.9 cm³/mol. The first kappa shape index (κ1) is 15.5. The van der Waals surface area contributed by atoms with Crippen molar-refractivity contribution in [3.63, 3.8) is 0 Å². The van der Waals surface area contributed by atoms with E-state index in [1.807, 2.05) is 24.3 Å². The molecule has 0 aliphatic heterocycles. The van der Waals surface area contributed by atoms with E-state index in [4.69, 9.17) is 5.73 Å². The molecule has 0 bridgehead atoms. The fourth-order valence-corrected chi connectivity index (χ4v) is 2.23. The molecule has 106 valence electrons. The van der Waals surface area contributed by atoms with E-state index in [9.17, 15) is 4.79 Å². The third-order valence-corrected chi connectivity index (χ3v) is 3.31. The summed E-state index contributed by atoms with van der Waals surface area (Å²) in [6, 6.07) is 7.86. The molecule has 1 unspecified atom stereocenters. The van der Waals surface area contributed by atoms with Gasteiger partial charge >= 0.3 is 0 Å². The Balaban J connectivity index is 2.50. The summed E-state index contributed by atoms with van der Waals surface area (Å²) >= 11 is 0. The van der Waals surface area contributed by atoms with E-state index >= 15 is 0 Å². The van der Waals surface area contributed by atoms with Gasteiger partial charge in [0.15, 0.2) is 0 Å². The van der Waals surface area contributed by atoms with E-state index in [1.165, 1.54) is 12.8 Å². The number of anilines is 1. The molecule has 3 nitrogen and oxygen atoms in total. The number of carbonyl (C=O) groups excluding carboxylic acids is 1. The maximum absolute atomic E-state index is 12.0. The second-order valence-corrected chi connectivity index (χ2v) is 5.07. The summed E-state index contributed by atoms with van der Waals surface area (Å²) in [5, 5.41) is 3.13. The Hall–Kier alpha value is -1.51. The first-order valence-electron chi connectivity index (χ1n) is 7.30. The van der Waals surface area contributed by atoms with E-state index in [1.54, 1.807) is 0 Å². The average molecular weight is 262 g/mol. The van der Waals surface area contributed by atoms with Crippen molar-refractivity contribution >= 4 is 11.6 Å². The molecule has 1 aromatic rings. The minimum Gasteiger partial charge on any atom is -0.398 e. The Labute approximate surface area is 116 Å². The van der Waals surface area contributed by atoms with Gasteiger partial charge in [-0.25, -0.2) is 0 Å². The number of hydrogen-bond donors (Lipinski definition) is 2. The van der Waals surface area contributed by atoms with Crippen LogP contribution in [-0.4, -0.2) is 11.9 Å². The van der Waals surface area contributed by atoms with Gasteiger partial charge in [-0.1, -0.05) is 51.3 Å². The van der Waals surface area contributed by atoms with Crippen LogP contribution in [0, 0.1) is 0 Å². The SMILES string of the molecule is CCCCC(CCC)NC(=O)Cc1ccccc1N. The molecule has 0 aromatic heterocycles. The molecule has 0 saturated heterocycles. The van der Waals surface area contributed by atoms with Crippen LogP contribution in [0.25, 0.3) is 0 Å². The van der Waals surface area contributed by atoms with Crippen LogP contribution < -0.4 is 11.1 Å². The number of para-hydroxylation sites is 1. The van der Waals surface area contributed by atoms with Crippen LogP contribution in [0.2, 0.25) is 0 Å². The Morgan fingerprint density at radius 3 is 2.58 bits per heavy atom. The highest BCUT2D eigenvalue weighted by atomic mass is 16.1. The second kappa shape index (κ2) is 8.57. The second-order valence-electron chi connectivity index (χ2n) is 5.07. The number of rotatable bonds is 8. The molecule has 3 N–H and O–H groups in total. The fourth-order valence-electron chi connectivity index (χ4n) is 2.23. The number of benzene rings is 1. The Kier molecular flexibility index (Phi) is 7.01. The van der Waals surface area contributed by atoms with Crippen LogP contribution in [0.4, 0.5) is 5.69 Å². The van der Waals surface area contributed by atoms with Crippen LogP contribution >= 0.6 is 0 Å². The highest BCUT2D eigenvalue weighted by molar-refractivity contribution is 5.80. The van der Waals surface area contributed by atoms with Gasteiger partial charge < -0.3 is 11.1 Å². The van der Waals surface area contributed by atoms with Crippen molar-refractivity contribution in [2.45, 2.75) is 58.4 Å². The van der Waals surface area contributed by atoms with E-state index < -0.39 is 0 Å².